The van der Waals surface area contributed by atoms with Gasteiger partial charge in [0.1, 0.15) is 11.8 Å². The second-order valence-corrected chi connectivity index (χ2v) is 20.4. The molecular formula is C61H39BF24N2. The summed E-state index contributed by atoms with van der Waals surface area (Å²) < 4.78 is 343. The Kier molecular flexibility index (Phi) is 17.9. The number of alkyl halides is 24. The molecule has 0 radical (unpaired) electrons. The van der Waals surface area contributed by atoms with Gasteiger partial charge in [-0.3, -0.25) is 0 Å². The lowest BCUT2D eigenvalue weighted by molar-refractivity contribution is -0.689. The summed E-state index contributed by atoms with van der Waals surface area (Å²) in [5.74, 6) is 0. The number of hydrogen-bond donors (Lipinski definition) is 0. The number of halogens is 24. The summed E-state index contributed by atoms with van der Waals surface area (Å²) in [5.41, 5.74) is -26.2. The number of aryl methyl sites for hydroxylation is 2. The maximum absolute atomic E-state index is 14.2. The largest absolute Gasteiger partial charge is 0.416 e. The average Bonchev–Trinajstić information content (AvgIpc) is 0.758. The van der Waals surface area contributed by atoms with Gasteiger partial charge in [-0.15, -0.1) is 0 Å². The third kappa shape index (κ3) is 15.0. The van der Waals surface area contributed by atoms with Crippen LogP contribution in [0, 0.1) is 0 Å². The zero-order chi connectivity index (χ0) is 64.8. The lowest BCUT2D eigenvalue weighted by Gasteiger charge is -2.46. The minimum Gasteiger partial charge on any atom is -0.249 e. The molecule has 2 nitrogen and oxygen atoms in total. The number of rotatable bonds is 11. The van der Waals surface area contributed by atoms with Gasteiger partial charge in [-0.05, 0) is 83.1 Å². The van der Waals surface area contributed by atoms with E-state index >= 15 is 0 Å². The van der Waals surface area contributed by atoms with E-state index in [4.69, 9.17) is 0 Å². The van der Waals surface area contributed by atoms with Crippen LogP contribution in [0.2, 0.25) is 0 Å². The predicted octanol–water partition coefficient (Wildman–Crippen LogP) is 17.5. The molecule has 9 rings (SSSR count). The highest BCUT2D eigenvalue weighted by Crippen LogP contribution is 2.42. The Hall–Kier alpha value is -8.26. The van der Waals surface area contributed by atoms with Gasteiger partial charge in [-0.25, -0.2) is 4.98 Å². The molecule has 0 spiro atoms. The zero-order valence-corrected chi connectivity index (χ0v) is 44.3. The van der Waals surface area contributed by atoms with Gasteiger partial charge in [0, 0.05) is 5.56 Å². The SMILES string of the molecule is FC(F)(F)c1cc([B-](c2cc(C(F)(F)F)cc(C(F)(F)F)c2)(c2cc(C(F)(F)F)cc(C(F)(F)F)c2)c2cc(C(F)(F)F)cc(C(F)(F)F)c2)cc(C(F)(F)F)c1.c1ccc(C[n+]2ccnc(CCCCc3c4ccccc4cc4ccccc34)c2)cc1. The summed E-state index contributed by atoms with van der Waals surface area (Å²) in [4.78, 5) is 4.60. The molecule has 9 aromatic rings. The minimum absolute atomic E-state index is 0.691. The van der Waals surface area contributed by atoms with Crippen molar-refractivity contribution in [1.82, 2.24) is 4.98 Å². The van der Waals surface area contributed by atoms with Crippen molar-refractivity contribution >= 4 is 49.5 Å². The second kappa shape index (κ2) is 24.0. The number of unbranched alkanes of at least 4 members (excludes halogenated alkanes) is 1. The van der Waals surface area contributed by atoms with Crippen molar-refractivity contribution in [1.29, 1.82) is 0 Å². The lowest BCUT2D eigenvalue weighted by Crippen LogP contribution is -2.75. The molecule has 88 heavy (non-hydrogen) atoms. The van der Waals surface area contributed by atoms with Crippen molar-refractivity contribution in [3.05, 3.63) is 238 Å². The highest BCUT2D eigenvalue weighted by atomic mass is 19.4. The third-order valence-electron chi connectivity index (χ3n) is 14.5. The Balaban J connectivity index is 0.000000269. The topological polar surface area (TPSA) is 16.8 Å². The first-order valence-electron chi connectivity index (χ1n) is 25.8. The molecule has 1 aromatic heterocycles. The van der Waals surface area contributed by atoms with Crippen LogP contribution in [0.3, 0.4) is 0 Å². The summed E-state index contributed by atoms with van der Waals surface area (Å²) in [7, 11) is 0. The van der Waals surface area contributed by atoms with E-state index in [1.807, 2.05) is 6.20 Å². The van der Waals surface area contributed by atoms with Gasteiger partial charge in [0.15, 0.2) is 18.9 Å². The van der Waals surface area contributed by atoms with E-state index in [9.17, 15) is 105 Å². The van der Waals surface area contributed by atoms with E-state index in [0.29, 0.717) is 0 Å². The summed E-state index contributed by atoms with van der Waals surface area (Å²) >= 11 is 0. The Labute approximate surface area is 482 Å². The fourth-order valence-corrected chi connectivity index (χ4v) is 10.6. The zero-order valence-electron chi connectivity index (χ0n) is 44.3. The maximum atomic E-state index is 14.2. The van der Waals surface area contributed by atoms with E-state index < -0.39 is 195 Å². The second-order valence-electron chi connectivity index (χ2n) is 20.4. The van der Waals surface area contributed by atoms with Gasteiger partial charge >= 0.3 is 49.4 Å². The molecule has 0 aliphatic rings. The average molecular weight is 1270 g/mol. The molecule has 0 amide bonds. The van der Waals surface area contributed by atoms with Gasteiger partial charge in [0.25, 0.3) is 0 Å². The van der Waals surface area contributed by atoms with Crippen LogP contribution in [0.15, 0.2) is 176 Å². The molecule has 0 unspecified atom stereocenters. The molecule has 0 aliphatic carbocycles. The molecule has 464 valence electrons. The first-order valence-corrected chi connectivity index (χ1v) is 25.8. The van der Waals surface area contributed by atoms with Crippen LogP contribution in [-0.4, -0.2) is 11.1 Å². The number of benzene rings is 8. The Morgan fingerprint density at radius 2 is 0.625 bits per heavy atom. The highest BCUT2D eigenvalue weighted by Gasteiger charge is 2.47. The normalized spacial score (nSPS) is 13.2. The number of nitrogens with zero attached hydrogens (tertiary/aromatic N) is 2. The fourth-order valence-electron chi connectivity index (χ4n) is 10.6. The molecule has 0 aliphatic heterocycles. The van der Waals surface area contributed by atoms with Crippen LogP contribution in [0.1, 0.15) is 74.2 Å². The monoisotopic (exact) mass is 1270 g/mol. The molecule has 1 heterocycles. The first-order chi connectivity index (χ1) is 40.6. The molecule has 8 aromatic carbocycles. The summed E-state index contributed by atoms with van der Waals surface area (Å²) in [6, 6.07) is 21.6. The number of fused-ring (bicyclic) bond motifs is 2. The highest BCUT2D eigenvalue weighted by molar-refractivity contribution is 7.20. The molecular weight excluding hydrogens is 1230 g/mol. The van der Waals surface area contributed by atoms with Crippen molar-refractivity contribution in [2.45, 2.75) is 81.6 Å². The molecule has 0 saturated carbocycles. The van der Waals surface area contributed by atoms with Crippen molar-refractivity contribution in [3.8, 4) is 0 Å². The van der Waals surface area contributed by atoms with E-state index in [-0.39, 0.29) is 0 Å². The van der Waals surface area contributed by atoms with E-state index in [1.165, 1.54) is 38.4 Å². The predicted molar refractivity (Wildman–Crippen MR) is 278 cm³/mol. The van der Waals surface area contributed by atoms with Crippen LogP contribution in [0.4, 0.5) is 105 Å². The van der Waals surface area contributed by atoms with Crippen molar-refractivity contribution in [2.75, 3.05) is 0 Å². The maximum Gasteiger partial charge on any atom is 0.416 e. The molecule has 0 saturated heterocycles. The Bertz CT molecular complexity index is 3470. The summed E-state index contributed by atoms with van der Waals surface area (Å²) in [5, 5.41) is 5.45. The smallest absolute Gasteiger partial charge is 0.249 e. The van der Waals surface area contributed by atoms with Crippen LogP contribution in [0.25, 0.3) is 21.5 Å². The third-order valence-corrected chi connectivity index (χ3v) is 14.5. The van der Waals surface area contributed by atoms with Gasteiger partial charge in [-0.2, -0.15) is 132 Å². The molecule has 0 fully saturated rings. The van der Waals surface area contributed by atoms with Crippen LogP contribution in [-0.2, 0) is 68.8 Å². The van der Waals surface area contributed by atoms with Crippen LogP contribution in [0.5, 0.6) is 0 Å². The molecule has 27 heteroatoms. The Morgan fingerprint density at radius 1 is 0.330 bits per heavy atom. The van der Waals surface area contributed by atoms with Crippen molar-refractivity contribution in [2.24, 2.45) is 0 Å². The minimum atomic E-state index is -6.13. The Morgan fingerprint density at radius 3 is 0.943 bits per heavy atom. The standard InChI is InChI=1S/C32H12BF24.C29H27N2/c34-25(35,36)13-1-14(26(37,38)39)6-21(5-13)33(22-7-15(27(40,41)42)2-16(8-22)28(43,44)45,23-9-17(29(46,47)48)3-18(10-23)30(49,50)51)24-11-19(31(52,53)54)4-20(12-24)32(55,56)57;1-2-10-23(11-3-1)21-31-19-18-30-26(22-31)14-6-9-17-29-27-15-7-4-12-24(27)20-25-13-5-8-16-28(25)29/h1-12H;1-5,7-8,10-13,15-16,18-20,22H,6,9,14,17,21H2/q-1;+1. The van der Waals surface area contributed by atoms with Gasteiger partial charge in [0.05, 0.1) is 50.7 Å². The van der Waals surface area contributed by atoms with E-state index in [1.54, 1.807) is 0 Å². The van der Waals surface area contributed by atoms with Gasteiger partial charge in [0.2, 0.25) is 0 Å². The lowest BCUT2D eigenvalue weighted by atomic mass is 9.12. The molecule has 0 bridgehead atoms. The fraction of sp³-hybridized carbons (Fsp3) is 0.213. The first kappa shape index (κ1) is 65.7. The van der Waals surface area contributed by atoms with Crippen LogP contribution >= 0.6 is 0 Å². The number of aromatic nitrogens is 2. The van der Waals surface area contributed by atoms with E-state index in [2.05, 4.69) is 107 Å². The summed E-state index contributed by atoms with van der Waals surface area (Å²) in [6.07, 6.45) is -44.2. The van der Waals surface area contributed by atoms with Crippen molar-refractivity contribution in [3.63, 3.8) is 0 Å². The van der Waals surface area contributed by atoms with E-state index in [0.717, 1.165) is 32.2 Å². The summed E-state index contributed by atoms with van der Waals surface area (Å²) in [6.45, 7) is 0.887. The van der Waals surface area contributed by atoms with Gasteiger partial charge < -0.3 is 0 Å². The van der Waals surface area contributed by atoms with Crippen LogP contribution < -0.4 is 26.4 Å². The quantitative estimate of drug-likeness (QED) is 0.0415. The molecule has 0 N–H and O–H groups in total. The molecule has 0 atom stereocenters. The van der Waals surface area contributed by atoms with Gasteiger partial charge in [-0.1, -0.05) is 127 Å². The number of hydrogen-bond acceptors (Lipinski definition) is 1. The van der Waals surface area contributed by atoms with Crippen molar-refractivity contribution < 1.29 is 110 Å².